The summed E-state index contributed by atoms with van der Waals surface area (Å²) in [6, 6.07) is 4.00. The highest BCUT2D eigenvalue weighted by molar-refractivity contribution is 5.85. The molecule has 0 amide bonds. The van der Waals surface area contributed by atoms with E-state index in [0.717, 1.165) is 25.2 Å². The van der Waals surface area contributed by atoms with Crippen LogP contribution < -0.4 is 5.32 Å². The number of hydrogen-bond acceptors (Lipinski definition) is 3. The second-order valence-electron chi connectivity index (χ2n) is 2.87. The highest BCUT2D eigenvalue weighted by atomic mass is 35.5. The summed E-state index contributed by atoms with van der Waals surface area (Å²) in [6.07, 6.45) is 2.62. The van der Waals surface area contributed by atoms with Crippen LogP contribution in [0.4, 0.5) is 0 Å². The summed E-state index contributed by atoms with van der Waals surface area (Å²) in [4.78, 5) is 4.23. The molecule has 0 radical (unpaired) electrons. The zero-order chi connectivity index (χ0) is 8.39. The second-order valence-corrected chi connectivity index (χ2v) is 2.87. The average Bonchev–Trinajstić information content (AvgIpc) is 2.17. The third-order valence-corrected chi connectivity index (χ3v) is 2.04. The van der Waals surface area contributed by atoms with E-state index in [1.165, 1.54) is 5.56 Å². The van der Waals surface area contributed by atoms with E-state index in [-0.39, 0.29) is 12.4 Å². The normalized spacial score (nSPS) is 13.8. The number of rotatable bonds is 0. The Labute approximate surface area is 83.2 Å². The molecule has 0 atom stereocenters. The maximum atomic E-state index is 8.63. The van der Waals surface area contributed by atoms with Gasteiger partial charge in [0.1, 0.15) is 6.07 Å². The van der Waals surface area contributed by atoms with Crippen molar-refractivity contribution in [3.05, 3.63) is 29.1 Å². The lowest BCUT2D eigenvalue weighted by atomic mass is 10.1. The van der Waals surface area contributed by atoms with E-state index >= 15 is 0 Å². The van der Waals surface area contributed by atoms with Gasteiger partial charge in [-0.15, -0.1) is 12.4 Å². The maximum absolute atomic E-state index is 8.63. The Hall–Kier alpha value is -1.11. The molecule has 0 aliphatic carbocycles. The van der Waals surface area contributed by atoms with Crippen molar-refractivity contribution in [1.29, 1.82) is 5.26 Å². The average molecular weight is 196 g/mol. The first-order chi connectivity index (χ1) is 5.90. The standard InChI is InChI=1S/C9H9N3.ClH/c10-4-7-3-8-6-11-2-1-9(8)12-5-7;/h3,5,11H,1-2,6H2;1H. The first-order valence-corrected chi connectivity index (χ1v) is 3.99. The molecule has 3 nitrogen and oxygen atoms in total. The maximum Gasteiger partial charge on any atom is 0.101 e. The Morgan fingerprint density at radius 2 is 2.38 bits per heavy atom. The van der Waals surface area contributed by atoms with Crippen molar-refractivity contribution in [2.24, 2.45) is 0 Å². The number of pyridine rings is 1. The van der Waals surface area contributed by atoms with Gasteiger partial charge in [-0.3, -0.25) is 4.98 Å². The summed E-state index contributed by atoms with van der Waals surface area (Å²) >= 11 is 0. The first-order valence-electron chi connectivity index (χ1n) is 3.99. The second kappa shape index (κ2) is 4.22. The molecule has 2 heterocycles. The van der Waals surface area contributed by atoms with Gasteiger partial charge in [0.25, 0.3) is 0 Å². The molecule has 0 unspecified atom stereocenters. The van der Waals surface area contributed by atoms with Gasteiger partial charge in [0.2, 0.25) is 0 Å². The molecule has 1 aromatic heterocycles. The summed E-state index contributed by atoms with van der Waals surface area (Å²) in [6.45, 7) is 1.84. The quantitative estimate of drug-likeness (QED) is 0.673. The fourth-order valence-corrected chi connectivity index (χ4v) is 1.41. The van der Waals surface area contributed by atoms with Gasteiger partial charge in [-0.1, -0.05) is 0 Å². The van der Waals surface area contributed by atoms with Crippen LogP contribution in [0.5, 0.6) is 0 Å². The lowest BCUT2D eigenvalue weighted by Gasteiger charge is -2.15. The van der Waals surface area contributed by atoms with Crippen LogP contribution in [-0.2, 0) is 13.0 Å². The van der Waals surface area contributed by atoms with Crippen LogP contribution >= 0.6 is 12.4 Å². The molecular weight excluding hydrogens is 186 g/mol. The molecule has 68 valence electrons. The van der Waals surface area contributed by atoms with Gasteiger partial charge < -0.3 is 5.32 Å². The van der Waals surface area contributed by atoms with Crippen LogP contribution in [0.3, 0.4) is 0 Å². The molecule has 1 aliphatic rings. The molecule has 0 spiro atoms. The van der Waals surface area contributed by atoms with Gasteiger partial charge in [-0.2, -0.15) is 5.26 Å². The van der Waals surface area contributed by atoms with E-state index < -0.39 is 0 Å². The van der Waals surface area contributed by atoms with E-state index in [9.17, 15) is 0 Å². The van der Waals surface area contributed by atoms with Crippen LogP contribution in [0.1, 0.15) is 16.8 Å². The van der Waals surface area contributed by atoms with Crippen molar-refractivity contribution in [2.75, 3.05) is 6.54 Å². The number of nitrogens with one attached hydrogen (secondary N) is 1. The third kappa shape index (κ3) is 1.97. The number of hydrogen-bond donors (Lipinski definition) is 1. The van der Waals surface area contributed by atoms with Crippen molar-refractivity contribution in [3.8, 4) is 6.07 Å². The van der Waals surface area contributed by atoms with Gasteiger partial charge in [-0.05, 0) is 11.6 Å². The Kier molecular flexibility index (Phi) is 3.24. The molecule has 2 rings (SSSR count). The Morgan fingerprint density at radius 1 is 1.54 bits per heavy atom. The molecule has 1 N–H and O–H groups in total. The van der Waals surface area contributed by atoms with Crippen molar-refractivity contribution < 1.29 is 0 Å². The minimum Gasteiger partial charge on any atom is -0.312 e. The zero-order valence-electron chi connectivity index (χ0n) is 7.08. The molecule has 0 aromatic carbocycles. The van der Waals surface area contributed by atoms with Crippen molar-refractivity contribution in [1.82, 2.24) is 10.3 Å². The van der Waals surface area contributed by atoms with Gasteiger partial charge in [-0.25, -0.2) is 0 Å². The largest absolute Gasteiger partial charge is 0.312 e. The van der Waals surface area contributed by atoms with E-state index in [1.807, 2.05) is 6.07 Å². The molecule has 0 fully saturated rings. The van der Waals surface area contributed by atoms with Crippen LogP contribution in [0.15, 0.2) is 12.3 Å². The lowest BCUT2D eigenvalue weighted by molar-refractivity contribution is 0.630. The smallest absolute Gasteiger partial charge is 0.101 e. The molecule has 4 heteroatoms. The predicted molar refractivity (Wildman–Crippen MR) is 51.6 cm³/mol. The van der Waals surface area contributed by atoms with Gasteiger partial charge in [0.15, 0.2) is 0 Å². The minimum absolute atomic E-state index is 0. The van der Waals surface area contributed by atoms with Crippen molar-refractivity contribution in [2.45, 2.75) is 13.0 Å². The molecule has 1 aliphatic heterocycles. The Morgan fingerprint density at radius 3 is 3.15 bits per heavy atom. The summed E-state index contributed by atoms with van der Waals surface area (Å²) in [5.74, 6) is 0. The lowest BCUT2D eigenvalue weighted by Crippen LogP contribution is -2.24. The van der Waals surface area contributed by atoms with Gasteiger partial charge in [0, 0.05) is 31.4 Å². The molecular formula is C9H10ClN3. The van der Waals surface area contributed by atoms with Gasteiger partial charge in [0.05, 0.1) is 5.56 Å². The molecule has 13 heavy (non-hydrogen) atoms. The fourth-order valence-electron chi connectivity index (χ4n) is 1.41. The monoisotopic (exact) mass is 195 g/mol. The first kappa shape index (κ1) is 9.97. The highest BCUT2D eigenvalue weighted by Crippen LogP contribution is 2.11. The van der Waals surface area contributed by atoms with Crippen LogP contribution in [0.2, 0.25) is 0 Å². The number of fused-ring (bicyclic) bond motifs is 1. The highest BCUT2D eigenvalue weighted by Gasteiger charge is 2.09. The molecule has 0 saturated heterocycles. The van der Waals surface area contributed by atoms with E-state index in [1.54, 1.807) is 6.20 Å². The summed E-state index contributed by atoms with van der Waals surface area (Å²) in [5.41, 5.74) is 2.95. The number of halogens is 1. The topological polar surface area (TPSA) is 48.7 Å². The van der Waals surface area contributed by atoms with E-state index in [2.05, 4.69) is 16.4 Å². The van der Waals surface area contributed by atoms with E-state index in [4.69, 9.17) is 5.26 Å². The zero-order valence-corrected chi connectivity index (χ0v) is 7.90. The Balaban J connectivity index is 0.000000845. The van der Waals surface area contributed by atoms with E-state index in [0.29, 0.717) is 5.56 Å². The predicted octanol–water partition coefficient (Wildman–Crippen LogP) is 1.02. The van der Waals surface area contributed by atoms with Crippen LogP contribution in [0, 0.1) is 11.3 Å². The number of aromatic nitrogens is 1. The van der Waals surface area contributed by atoms with Crippen molar-refractivity contribution >= 4 is 12.4 Å². The fraction of sp³-hybridized carbons (Fsp3) is 0.333. The van der Waals surface area contributed by atoms with Crippen molar-refractivity contribution in [3.63, 3.8) is 0 Å². The van der Waals surface area contributed by atoms with Gasteiger partial charge >= 0.3 is 0 Å². The number of nitriles is 1. The minimum atomic E-state index is 0. The van der Waals surface area contributed by atoms with Crippen LogP contribution in [-0.4, -0.2) is 11.5 Å². The molecule has 0 saturated carbocycles. The number of nitrogens with zero attached hydrogens (tertiary/aromatic N) is 2. The van der Waals surface area contributed by atoms with Crippen LogP contribution in [0.25, 0.3) is 0 Å². The summed E-state index contributed by atoms with van der Waals surface area (Å²) < 4.78 is 0. The Bertz CT molecular complexity index is 343. The molecule has 0 bridgehead atoms. The SMILES string of the molecule is Cl.N#Cc1cnc2c(c1)CNCC2. The summed E-state index contributed by atoms with van der Waals surface area (Å²) in [5, 5.41) is 11.9. The summed E-state index contributed by atoms with van der Waals surface area (Å²) in [7, 11) is 0. The third-order valence-electron chi connectivity index (χ3n) is 2.04. The molecule has 1 aromatic rings.